The minimum absolute atomic E-state index is 0.00960. The van der Waals surface area contributed by atoms with Crippen molar-refractivity contribution in [1.29, 1.82) is 0 Å². The van der Waals surface area contributed by atoms with Crippen LogP contribution < -0.4 is 5.32 Å². The standard InChI is InChI=1S/C27H26Cl2N6O3/c1-34-12-3-2-6-22(34)25-32-20-5-4-11-31-24(20)35(25)17-9-7-16(8-10-17)13-21(27(37)38)33-26(36)23-18(28)14-30-15-19(23)29/h4-5,7-11,14-15,21-22H,2-3,6,12-13H2,1H3,(H,33,36)(H,37,38)/t21-,22+/m0/s1. The van der Waals surface area contributed by atoms with Crippen LogP contribution in [-0.2, 0) is 11.2 Å². The third-order valence-electron chi connectivity index (χ3n) is 6.83. The highest BCUT2D eigenvalue weighted by atomic mass is 35.5. The molecular formula is C27H26Cl2N6O3. The Labute approximate surface area is 229 Å². The molecule has 0 bridgehead atoms. The number of hydrogen-bond donors (Lipinski definition) is 2. The van der Waals surface area contributed by atoms with E-state index in [-0.39, 0.29) is 28.1 Å². The molecular weight excluding hydrogens is 527 g/mol. The predicted octanol–water partition coefficient (Wildman–Crippen LogP) is 4.70. The number of carbonyl (C=O) groups excluding carboxylic acids is 1. The molecule has 4 aromatic rings. The summed E-state index contributed by atoms with van der Waals surface area (Å²) in [7, 11) is 2.12. The van der Waals surface area contributed by atoms with E-state index in [0.29, 0.717) is 0 Å². The molecule has 1 aliphatic heterocycles. The van der Waals surface area contributed by atoms with E-state index in [1.165, 1.54) is 18.8 Å². The lowest BCUT2D eigenvalue weighted by Crippen LogP contribution is -2.42. The van der Waals surface area contributed by atoms with Crippen molar-refractivity contribution in [2.45, 2.75) is 37.8 Å². The molecule has 0 saturated carbocycles. The zero-order valence-corrected chi connectivity index (χ0v) is 22.2. The Morgan fingerprint density at radius 3 is 2.55 bits per heavy atom. The number of rotatable bonds is 7. The van der Waals surface area contributed by atoms with Gasteiger partial charge in [-0.2, -0.15) is 0 Å². The number of pyridine rings is 2. The molecule has 1 aromatic carbocycles. The van der Waals surface area contributed by atoms with Crippen molar-refractivity contribution < 1.29 is 14.7 Å². The molecule has 9 nitrogen and oxygen atoms in total. The summed E-state index contributed by atoms with van der Waals surface area (Å²) in [6, 6.07) is 10.4. The topological polar surface area (TPSA) is 113 Å². The summed E-state index contributed by atoms with van der Waals surface area (Å²) in [5.74, 6) is -0.907. The smallest absolute Gasteiger partial charge is 0.326 e. The minimum Gasteiger partial charge on any atom is -0.480 e. The molecule has 1 fully saturated rings. The Kier molecular flexibility index (Phi) is 7.60. The van der Waals surface area contributed by atoms with Crippen molar-refractivity contribution in [3.63, 3.8) is 0 Å². The number of hydrogen-bond acceptors (Lipinski definition) is 6. The average molecular weight is 553 g/mol. The maximum atomic E-state index is 12.7. The van der Waals surface area contributed by atoms with Crippen molar-refractivity contribution >= 4 is 46.2 Å². The first-order valence-electron chi connectivity index (χ1n) is 12.3. The Morgan fingerprint density at radius 1 is 1.13 bits per heavy atom. The van der Waals surface area contributed by atoms with Gasteiger partial charge in [0, 0.05) is 30.7 Å². The number of carbonyl (C=O) groups is 2. The molecule has 4 heterocycles. The first-order chi connectivity index (χ1) is 18.3. The number of carboxylic acids is 1. The van der Waals surface area contributed by atoms with Gasteiger partial charge in [0.1, 0.15) is 17.4 Å². The lowest BCUT2D eigenvalue weighted by molar-refractivity contribution is -0.139. The SMILES string of the molecule is CN1CCCC[C@@H]1c1nc2cccnc2n1-c1ccc(C[C@H](NC(=O)c2c(Cl)cncc2Cl)C(=O)O)cc1. The highest BCUT2D eigenvalue weighted by molar-refractivity contribution is 6.39. The van der Waals surface area contributed by atoms with E-state index in [4.69, 9.17) is 28.2 Å². The summed E-state index contributed by atoms with van der Waals surface area (Å²) in [6.07, 6.45) is 7.72. The van der Waals surface area contributed by atoms with Gasteiger partial charge in [-0.05, 0) is 56.3 Å². The van der Waals surface area contributed by atoms with E-state index in [2.05, 4.69) is 31.8 Å². The molecule has 0 spiro atoms. The second-order valence-electron chi connectivity index (χ2n) is 9.36. The number of aromatic nitrogens is 4. The molecule has 196 valence electrons. The number of nitrogens with zero attached hydrogens (tertiary/aromatic N) is 5. The fourth-order valence-corrected chi connectivity index (χ4v) is 5.42. The van der Waals surface area contributed by atoms with Crippen molar-refractivity contribution in [1.82, 2.24) is 29.7 Å². The number of nitrogens with one attached hydrogen (secondary N) is 1. The monoisotopic (exact) mass is 552 g/mol. The van der Waals surface area contributed by atoms with E-state index in [0.717, 1.165) is 47.6 Å². The second kappa shape index (κ2) is 11.1. The first-order valence-corrected chi connectivity index (χ1v) is 13.0. The maximum absolute atomic E-state index is 12.7. The lowest BCUT2D eigenvalue weighted by atomic mass is 10.0. The van der Waals surface area contributed by atoms with Gasteiger partial charge in [0.2, 0.25) is 0 Å². The summed E-state index contributed by atoms with van der Waals surface area (Å²) in [5, 5.41) is 12.4. The van der Waals surface area contributed by atoms with Crippen molar-refractivity contribution in [3.8, 4) is 5.69 Å². The van der Waals surface area contributed by atoms with Gasteiger partial charge in [-0.15, -0.1) is 0 Å². The van der Waals surface area contributed by atoms with E-state index in [1.54, 1.807) is 6.20 Å². The quantitative estimate of drug-likeness (QED) is 0.341. The van der Waals surface area contributed by atoms with Gasteiger partial charge in [0.25, 0.3) is 5.91 Å². The van der Waals surface area contributed by atoms with Gasteiger partial charge >= 0.3 is 5.97 Å². The van der Waals surface area contributed by atoms with Crippen molar-refractivity contribution in [2.75, 3.05) is 13.6 Å². The van der Waals surface area contributed by atoms with Gasteiger partial charge in [-0.1, -0.05) is 41.8 Å². The Bertz CT molecular complexity index is 1470. The van der Waals surface area contributed by atoms with Crippen LogP contribution in [0.5, 0.6) is 0 Å². The van der Waals surface area contributed by atoms with Crippen LogP contribution in [0.3, 0.4) is 0 Å². The van der Waals surface area contributed by atoms with Crippen LogP contribution in [0.2, 0.25) is 10.0 Å². The number of imidazole rings is 1. The number of halogens is 2. The van der Waals surface area contributed by atoms with E-state index < -0.39 is 17.9 Å². The minimum atomic E-state index is -1.18. The van der Waals surface area contributed by atoms with Gasteiger partial charge in [0.05, 0.1) is 21.7 Å². The summed E-state index contributed by atoms with van der Waals surface area (Å²) >= 11 is 12.1. The fourth-order valence-electron chi connectivity index (χ4n) is 4.88. The van der Waals surface area contributed by atoms with E-state index in [9.17, 15) is 14.7 Å². The molecule has 1 amide bonds. The van der Waals surface area contributed by atoms with Gasteiger partial charge in [-0.3, -0.25) is 19.2 Å². The summed E-state index contributed by atoms with van der Waals surface area (Å²) < 4.78 is 2.08. The van der Waals surface area contributed by atoms with Crippen LogP contribution in [0, 0.1) is 0 Å². The molecule has 2 atom stereocenters. The van der Waals surface area contributed by atoms with Gasteiger partial charge < -0.3 is 10.4 Å². The third-order valence-corrected chi connectivity index (χ3v) is 7.40. The van der Waals surface area contributed by atoms with Crippen LogP contribution in [0.25, 0.3) is 16.9 Å². The molecule has 0 unspecified atom stereocenters. The Balaban J connectivity index is 1.41. The predicted molar refractivity (Wildman–Crippen MR) is 145 cm³/mol. The summed E-state index contributed by atoms with van der Waals surface area (Å²) in [6.45, 7) is 1.01. The van der Waals surface area contributed by atoms with Crippen LogP contribution in [0.1, 0.15) is 47.1 Å². The molecule has 1 aliphatic rings. The second-order valence-corrected chi connectivity index (χ2v) is 10.2. The van der Waals surface area contributed by atoms with Crippen LogP contribution in [-0.4, -0.2) is 61.0 Å². The molecule has 1 saturated heterocycles. The zero-order valence-electron chi connectivity index (χ0n) is 20.6. The van der Waals surface area contributed by atoms with Gasteiger partial charge in [-0.25, -0.2) is 14.8 Å². The number of fused-ring (bicyclic) bond motifs is 1. The Morgan fingerprint density at radius 2 is 1.87 bits per heavy atom. The highest BCUT2D eigenvalue weighted by Gasteiger charge is 2.28. The number of carboxylic acid groups (broad SMARTS) is 1. The normalized spacial score (nSPS) is 16.9. The number of likely N-dealkylation sites (tertiary alicyclic amines) is 1. The number of piperidine rings is 1. The highest BCUT2D eigenvalue weighted by Crippen LogP contribution is 2.33. The molecule has 0 radical (unpaired) electrons. The van der Waals surface area contributed by atoms with Crippen LogP contribution >= 0.6 is 23.2 Å². The Hall–Kier alpha value is -3.53. The third kappa shape index (κ3) is 5.22. The average Bonchev–Trinajstić information content (AvgIpc) is 3.28. The fraction of sp³-hybridized carbons (Fsp3) is 0.296. The summed E-state index contributed by atoms with van der Waals surface area (Å²) in [5.41, 5.74) is 3.21. The van der Waals surface area contributed by atoms with E-state index >= 15 is 0 Å². The number of amides is 1. The van der Waals surface area contributed by atoms with Crippen molar-refractivity contribution in [2.24, 2.45) is 0 Å². The maximum Gasteiger partial charge on any atom is 0.326 e. The van der Waals surface area contributed by atoms with Gasteiger partial charge in [0.15, 0.2) is 5.65 Å². The zero-order chi connectivity index (χ0) is 26.8. The number of benzene rings is 1. The molecule has 5 rings (SSSR count). The van der Waals surface area contributed by atoms with Crippen LogP contribution in [0.4, 0.5) is 0 Å². The molecule has 11 heteroatoms. The largest absolute Gasteiger partial charge is 0.480 e. The first kappa shape index (κ1) is 26.1. The molecule has 3 aromatic heterocycles. The van der Waals surface area contributed by atoms with E-state index in [1.807, 2.05) is 36.4 Å². The van der Waals surface area contributed by atoms with Crippen molar-refractivity contribution in [3.05, 3.63) is 82.0 Å². The number of aliphatic carboxylic acids is 1. The summed E-state index contributed by atoms with van der Waals surface area (Å²) in [4.78, 5) is 40.4. The molecule has 2 N–H and O–H groups in total. The van der Waals surface area contributed by atoms with Crippen LogP contribution in [0.15, 0.2) is 55.0 Å². The molecule has 38 heavy (non-hydrogen) atoms. The molecule has 0 aliphatic carbocycles. The lowest BCUT2D eigenvalue weighted by Gasteiger charge is -2.32.